The number of piperidine rings is 1. The van der Waals surface area contributed by atoms with Gasteiger partial charge in [-0.15, -0.1) is 0 Å². The largest absolute Gasteiger partial charge is 0.350 e. The predicted molar refractivity (Wildman–Crippen MR) is 88.2 cm³/mol. The van der Waals surface area contributed by atoms with Crippen LogP contribution in [0.25, 0.3) is 6.08 Å². The van der Waals surface area contributed by atoms with E-state index < -0.39 is 0 Å². The molecule has 1 aromatic carbocycles. The Kier molecular flexibility index (Phi) is 5.93. The minimum absolute atomic E-state index is 0.0731. The molecular formula is C18H21N3O2. The summed E-state index contributed by atoms with van der Waals surface area (Å²) in [6.45, 7) is 3.20. The molecule has 0 atom stereocenters. The zero-order valence-corrected chi connectivity index (χ0v) is 13.3. The molecule has 0 unspecified atom stereocenters. The molecule has 1 aliphatic heterocycles. The normalized spacial score (nSPS) is 15.4. The standard InChI is InChI=1S/C18H21N3O2/c1-14-2-4-15(5-3-14)6-7-17(22)20-16-9-12-21(13-10-16)18(23)8-11-19/h2-7,16H,8-10,12-13H2,1H3,(H,20,22)/b7-6+. The molecule has 23 heavy (non-hydrogen) atoms. The average molecular weight is 311 g/mol. The number of hydrogen-bond donors (Lipinski definition) is 1. The maximum Gasteiger partial charge on any atom is 0.244 e. The van der Waals surface area contributed by atoms with Gasteiger partial charge in [0.15, 0.2) is 0 Å². The first kappa shape index (κ1) is 16.8. The fourth-order valence-corrected chi connectivity index (χ4v) is 2.55. The lowest BCUT2D eigenvalue weighted by atomic mass is 10.0. The average Bonchev–Trinajstić information content (AvgIpc) is 2.55. The minimum atomic E-state index is -0.128. The van der Waals surface area contributed by atoms with E-state index >= 15 is 0 Å². The quantitative estimate of drug-likeness (QED) is 0.865. The molecule has 0 saturated carbocycles. The Bertz CT molecular complexity index is 621. The highest BCUT2D eigenvalue weighted by Crippen LogP contribution is 2.11. The lowest BCUT2D eigenvalue weighted by Gasteiger charge is -2.31. The summed E-state index contributed by atoms with van der Waals surface area (Å²) in [7, 11) is 0. The Morgan fingerprint density at radius 1 is 1.30 bits per heavy atom. The van der Waals surface area contributed by atoms with E-state index in [2.05, 4.69) is 5.32 Å². The van der Waals surface area contributed by atoms with Crippen molar-refractivity contribution in [3.05, 3.63) is 41.5 Å². The van der Waals surface area contributed by atoms with Gasteiger partial charge in [0.05, 0.1) is 6.07 Å². The second-order valence-corrected chi connectivity index (χ2v) is 5.74. The van der Waals surface area contributed by atoms with Crippen molar-refractivity contribution in [2.45, 2.75) is 32.2 Å². The summed E-state index contributed by atoms with van der Waals surface area (Å²) in [5.41, 5.74) is 2.17. The van der Waals surface area contributed by atoms with E-state index in [1.165, 1.54) is 11.6 Å². The highest BCUT2D eigenvalue weighted by atomic mass is 16.2. The molecule has 1 heterocycles. The molecule has 1 aliphatic rings. The van der Waals surface area contributed by atoms with E-state index in [1.807, 2.05) is 37.3 Å². The number of amides is 2. The first-order chi connectivity index (χ1) is 11.1. The molecule has 2 amide bonds. The van der Waals surface area contributed by atoms with Crippen LogP contribution in [-0.2, 0) is 9.59 Å². The van der Waals surface area contributed by atoms with E-state index in [4.69, 9.17) is 5.26 Å². The van der Waals surface area contributed by atoms with Gasteiger partial charge in [-0.25, -0.2) is 0 Å². The van der Waals surface area contributed by atoms with Crippen LogP contribution in [0.3, 0.4) is 0 Å². The van der Waals surface area contributed by atoms with Crippen molar-refractivity contribution < 1.29 is 9.59 Å². The smallest absolute Gasteiger partial charge is 0.244 e. The number of hydrogen-bond acceptors (Lipinski definition) is 3. The Labute approximate surface area is 136 Å². The third-order valence-corrected chi connectivity index (χ3v) is 3.93. The van der Waals surface area contributed by atoms with E-state index in [9.17, 15) is 9.59 Å². The van der Waals surface area contributed by atoms with E-state index in [0.717, 1.165) is 18.4 Å². The van der Waals surface area contributed by atoms with Gasteiger partial charge in [-0.2, -0.15) is 5.26 Å². The molecular weight excluding hydrogens is 290 g/mol. The lowest BCUT2D eigenvalue weighted by Crippen LogP contribution is -2.46. The van der Waals surface area contributed by atoms with E-state index in [-0.39, 0.29) is 24.3 Å². The van der Waals surface area contributed by atoms with Gasteiger partial charge in [0, 0.05) is 25.2 Å². The van der Waals surface area contributed by atoms with Gasteiger partial charge in [0.1, 0.15) is 6.42 Å². The fourth-order valence-electron chi connectivity index (χ4n) is 2.55. The van der Waals surface area contributed by atoms with E-state index in [0.29, 0.717) is 13.1 Å². The fraction of sp³-hybridized carbons (Fsp3) is 0.389. The molecule has 0 spiro atoms. The van der Waals surface area contributed by atoms with Crippen molar-refractivity contribution in [1.29, 1.82) is 5.26 Å². The highest BCUT2D eigenvalue weighted by molar-refractivity contribution is 5.91. The first-order valence-electron chi connectivity index (χ1n) is 7.78. The van der Waals surface area contributed by atoms with Gasteiger partial charge in [-0.1, -0.05) is 29.8 Å². The van der Waals surface area contributed by atoms with Crippen LogP contribution in [-0.4, -0.2) is 35.8 Å². The number of nitrogens with zero attached hydrogens (tertiary/aromatic N) is 2. The van der Waals surface area contributed by atoms with Crippen LogP contribution in [0.2, 0.25) is 0 Å². The zero-order valence-electron chi connectivity index (χ0n) is 13.3. The summed E-state index contributed by atoms with van der Waals surface area (Å²) < 4.78 is 0. The number of rotatable bonds is 4. The number of likely N-dealkylation sites (tertiary alicyclic amines) is 1. The zero-order chi connectivity index (χ0) is 16.7. The van der Waals surface area contributed by atoms with Crippen LogP contribution in [0.15, 0.2) is 30.3 Å². The van der Waals surface area contributed by atoms with Crippen LogP contribution < -0.4 is 5.32 Å². The maximum atomic E-state index is 11.9. The first-order valence-corrected chi connectivity index (χ1v) is 7.78. The molecule has 1 saturated heterocycles. The lowest BCUT2D eigenvalue weighted by molar-refractivity contribution is -0.131. The van der Waals surface area contributed by atoms with Gasteiger partial charge in [0.2, 0.25) is 11.8 Å². The van der Waals surface area contributed by atoms with Gasteiger partial charge in [-0.3, -0.25) is 9.59 Å². The summed E-state index contributed by atoms with van der Waals surface area (Å²) in [6.07, 6.45) is 4.71. The van der Waals surface area contributed by atoms with Gasteiger partial charge in [0.25, 0.3) is 0 Å². The molecule has 0 bridgehead atoms. The van der Waals surface area contributed by atoms with Crippen molar-refractivity contribution in [1.82, 2.24) is 10.2 Å². The van der Waals surface area contributed by atoms with Crippen molar-refractivity contribution in [3.8, 4) is 6.07 Å². The van der Waals surface area contributed by atoms with Crippen LogP contribution in [0, 0.1) is 18.3 Å². The molecule has 0 radical (unpaired) electrons. The third-order valence-electron chi connectivity index (χ3n) is 3.93. The second kappa shape index (κ2) is 8.14. The number of carbonyl (C=O) groups is 2. The number of nitriles is 1. The number of nitrogens with one attached hydrogen (secondary N) is 1. The van der Waals surface area contributed by atoms with Crippen LogP contribution in [0.5, 0.6) is 0 Å². The molecule has 1 N–H and O–H groups in total. The van der Waals surface area contributed by atoms with Crippen LogP contribution in [0.1, 0.15) is 30.4 Å². The Morgan fingerprint density at radius 3 is 2.57 bits per heavy atom. The van der Waals surface area contributed by atoms with Gasteiger partial charge >= 0.3 is 0 Å². The number of carbonyl (C=O) groups excluding carboxylic acids is 2. The maximum absolute atomic E-state index is 11.9. The van der Waals surface area contributed by atoms with Crippen LogP contribution in [0.4, 0.5) is 0 Å². The Hall–Kier alpha value is -2.61. The SMILES string of the molecule is Cc1ccc(/C=C/C(=O)NC2CCN(C(=O)CC#N)CC2)cc1. The minimum Gasteiger partial charge on any atom is -0.350 e. The summed E-state index contributed by atoms with van der Waals surface area (Å²) in [5, 5.41) is 11.5. The predicted octanol–water partition coefficient (Wildman–Crippen LogP) is 2.03. The monoisotopic (exact) mass is 311 g/mol. The second-order valence-electron chi connectivity index (χ2n) is 5.74. The molecule has 1 fully saturated rings. The summed E-state index contributed by atoms with van der Waals surface area (Å²) in [6, 6.07) is 9.91. The summed E-state index contributed by atoms with van der Waals surface area (Å²) in [4.78, 5) is 25.3. The van der Waals surface area contributed by atoms with Crippen molar-refractivity contribution in [2.24, 2.45) is 0 Å². The molecule has 0 aliphatic carbocycles. The molecule has 2 rings (SSSR count). The summed E-state index contributed by atoms with van der Waals surface area (Å²) in [5.74, 6) is -0.246. The van der Waals surface area contributed by atoms with Crippen molar-refractivity contribution >= 4 is 17.9 Å². The molecule has 120 valence electrons. The van der Waals surface area contributed by atoms with Gasteiger partial charge < -0.3 is 10.2 Å². The third kappa shape index (κ3) is 5.26. The molecule has 1 aromatic rings. The van der Waals surface area contributed by atoms with Crippen LogP contribution >= 0.6 is 0 Å². The van der Waals surface area contributed by atoms with Gasteiger partial charge in [-0.05, 0) is 31.4 Å². The summed E-state index contributed by atoms with van der Waals surface area (Å²) >= 11 is 0. The number of benzene rings is 1. The Morgan fingerprint density at radius 2 is 1.96 bits per heavy atom. The van der Waals surface area contributed by atoms with Crippen molar-refractivity contribution in [3.63, 3.8) is 0 Å². The highest BCUT2D eigenvalue weighted by Gasteiger charge is 2.22. The topological polar surface area (TPSA) is 73.2 Å². The molecule has 5 nitrogen and oxygen atoms in total. The van der Waals surface area contributed by atoms with E-state index in [1.54, 1.807) is 11.0 Å². The number of aryl methyl sites for hydroxylation is 1. The van der Waals surface area contributed by atoms with Crippen molar-refractivity contribution in [2.75, 3.05) is 13.1 Å². The molecule has 5 heteroatoms. The Balaban J connectivity index is 1.77. The molecule has 0 aromatic heterocycles.